The molecule has 19 heavy (non-hydrogen) atoms. The van der Waals surface area contributed by atoms with Crippen molar-refractivity contribution >= 4 is 25.6 Å². The molecule has 0 bridgehead atoms. The molecule has 1 heterocycles. The zero-order chi connectivity index (χ0) is 14.8. The first kappa shape index (κ1) is 16.0. The van der Waals surface area contributed by atoms with Crippen LogP contribution in [0.4, 0.5) is 0 Å². The number of nitrogens with zero attached hydrogens (tertiary/aromatic N) is 2. The van der Waals surface area contributed by atoms with Crippen molar-refractivity contribution in [1.29, 1.82) is 0 Å². The van der Waals surface area contributed by atoms with Gasteiger partial charge in [0.05, 0.1) is 0 Å². The maximum atomic E-state index is 12.4. The summed E-state index contributed by atoms with van der Waals surface area (Å²) < 4.78 is 24.3. The molecule has 0 saturated heterocycles. The van der Waals surface area contributed by atoms with Crippen LogP contribution in [-0.2, 0) is 15.6 Å². The monoisotopic (exact) mass is 306 g/mol. The fourth-order valence-electron chi connectivity index (χ4n) is 1.95. The van der Waals surface area contributed by atoms with Gasteiger partial charge in [0.1, 0.15) is 10.6 Å². The van der Waals surface area contributed by atoms with Crippen LogP contribution >= 0.6 is 10.7 Å². The number of amides is 1. The predicted octanol–water partition coefficient (Wildman–Crippen LogP) is 2.31. The summed E-state index contributed by atoms with van der Waals surface area (Å²) in [6.07, 6.45) is 1.39. The van der Waals surface area contributed by atoms with Crippen molar-refractivity contribution in [3.8, 4) is 0 Å². The van der Waals surface area contributed by atoms with Crippen molar-refractivity contribution < 1.29 is 13.2 Å². The van der Waals surface area contributed by atoms with Crippen molar-refractivity contribution in [2.24, 2.45) is 0 Å². The lowest BCUT2D eigenvalue weighted by Gasteiger charge is -2.25. The lowest BCUT2D eigenvalue weighted by atomic mass is 10.2. The molecular weight excluding hydrogens is 288 g/mol. The first-order chi connectivity index (χ1) is 8.72. The first-order valence-corrected chi connectivity index (χ1v) is 8.49. The summed E-state index contributed by atoms with van der Waals surface area (Å²) >= 11 is 0. The van der Waals surface area contributed by atoms with Gasteiger partial charge in [0.15, 0.2) is 0 Å². The number of aryl methyl sites for hydroxylation is 1. The highest BCUT2D eigenvalue weighted by molar-refractivity contribution is 8.13. The SMILES string of the molecule is CCN(C(=O)c1cc(S(=O)(=O)Cl)cn1CC)C(C)C. The molecule has 0 aromatic carbocycles. The maximum absolute atomic E-state index is 12.4. The topological polar surface area (TPSA) is 59.4 Å². The van der Waals surface area contributed by atoms with E-state index in [1.807, 2.05) is 27.7 Å². The third-order valence-electron chi connectivity index (χ3n) is 2.94. The Morgan fingerprint density at radius 2 is 2.00 bits per heavy atom. The Labute approximate surface area is 118 Å². The van der Waals surface area contributed by atoms with Gasteiger partial charge in [-0.25, -0.2) is 8.42 Å². The number of hydrogen-bond acceptors (Lipinski definition) is 3. The van der Waals surface area contributed by atoms with E-state index < -0.39 is 9.05 Å². The fraction of sp³-hybridized carbons (Fsp3) is 0.583. The Balaban J connectivity index is 3.27. The van der Waals surface area contributed by atoms with Crippen LogP contribution < -0.4 is 0 Å². The molecule has 1 rings (SSSR count). The van der Waals surface area contributed by atoms with Crippen LogP contribution in [0.2, 0.25) is 0 Å². The van der Waals surface area contributed by atoms with E-state index in [4.69, 9.17) is 10.7 Å². The molecule has 0 spiro atoms. The van der Waals surface area contributed by atoms with Crippen molar-refractivity contribution in [2.45, 2.75) is 45.2 Å². The highest BCUT2D eigenvalue weighted by Crippen LogP contribution is 2.20. The van der Waals surface area contributed by atoms with E-state index in [2.05, 4.69) is 0 Å². The van der Waals surface area contributed by atoms with E-state index in [1.54, 1.807) is 9.47 Å². The van der Waals surface area contributed by atoms with E-state index in [-0.39, 0.29) is 16.8 Å². The molecule has 0 radical (unpaired) electrons. The van der Waals surface area contributed by atoms with Gasteiger partial charge in [0, 0.05) is 36.0 Å². The van der Waals surface area contributed by atoms with Crippen molar-refractivity contribution in [2.75, 3.05) is 6.54 Å². The van der Waals surface area contributed by atoms with Gasteiger partial charge in [0.2, 0.25) is 0 Å². The third kappa shape index (κ3) is 3.51. The molecule has 108 valence electrons. The summed E-state index contributed by atoms with van der Waals surface area (Å²) in [5.41, 5.74) is 0.345. The van der Waals surface area contributed by atoms with Crippen LogP contribution in [0.5, 0.6) is 0 Å². The zero-order valence-electron chi connectivity index (χ0n) is 11.6. The number of hydrogen-bond donors (Lipinski definition) is 0. The van der Waals surface area contributed by atoms with Crippen molar-refractivity contribution in [3.63, 3.8) is 0 Å². The summed E-state index contributed by atoms with van der Waals surface area (Å²) in [6, 6.07) is 1.38. The van der Waals surface area contributed by atoms with Crippen LogP contribution in [0, 0.1) is 0 Å². The first-order valence-electron chi connectivity index (χ1n) is 6.18. The van der Waals surface area contributed by atoms with Gasteiger partial charge >= 0.3 is 0 Å². The van der Waals surface area contributed by atoms with E-state index in [1.165, 1.54) is 12.3 Å². The molecule has 1 aromatic heterocycles. The summed E-state index contributed by atoms with van der Waals surface area (Å²) in [7, 11) is 1.50. The lowest BCUT2D eigenvalue weighted by molar-refractivity contribution is 0.0706. The molecule has 0 atom stereocenters. The number of aromatic nitrogens is 1. The van der Waals surface area contributed by atoms with Crippen LogP contribution in [0.15, 0.2) is 17.2 Å². The van der Waals surface area contributed by atoms with E-state index in [9.17, 15) is 13.2 Å². The van der Waals surface area contributed by atoms with Gasteiger partial charge in [0.25, 0.3) is 15.0 Å². The minimum Gasteiger partial charge on any atom is -0.342 e. The van der Waals surface area contributed by atoms with E-state index in [0.29, 0.717) is 18.8 Å². The second-order valence-corrected chi connectivity index (χ2v) is 7.04. The van der Waals surface area contributed by atoms with Crippen molar-refractivity contribution in [1.82, 2.24) is 9.47 Å². The lowest BCUT2D eigenvalue weighted by Crippen LogP contribution is -2.37. The smallest absolute Gasteiger partial charge is 0.270 e. The maximum Gasteiger partial charge on any atom is 0.270 e. The Kier molecular flexibility index (Phi) is 5.04. The molecule has 0 aliphatic carbocycles. The minimum atomic E-state index is -3.82. The molecule has 0 aliphatic heterocycles. The van der Waals surface area contributed by atoms with Crippen LogP contribution in [-0.4, -0.2) is 36.4 Å². The van der Waals surface area contributed by atoms with Crippen molar-refractivity contribution in [3.05, 3.63) is 18.0 Å². The van der Waals surface area contributed by atoms with E-state index >= 15 is 0 Å². The Morgan fingerprint density at radius 1 is 1.42 bits per heavy atom. The summed E-state index contributed by atoms with van der Waals surface area (Å²) in [5, 5.41) is 0. The van der Waals surface area contributed by atoms with Crippen LogP contribution in [0.1, 0.15) is 38.2 Å². The zero-order valence-corrected chi connectivity index (χ0v) is 13.1. The standard InChI is InChI=1S/C12H19ClN2O3S/c1-5-14-8-10(19(13,17)18)7-11(14)12(16)15(6-2)9(3)4/h7-9H,5-6H2,1-4H3. The summed E-state index contributed by atoms with van der Waals surface area (Å²) in [6.45, 7) is 8.63. The highest BCUT2D eigenvalue weighted by atomic mass is 35.7. The molecule has 1 aromatic rings. The molecular formula is C12H19ClN2O3S. The summed E-state index contributed by atoms with van der Waals surface area (Å²) in [5.74, 6) is -0.189. The highest BCUT2D eigenvalue weighted by Gasteiger charge is 2.23. The average molecular weight is 307 g/mol. The van der Waals surface area contributed by atoms with Gasteiger partial charge in [-0.15, -0.1) is 0 Å². The largest absolute Gasteiger partial charge is 0.342 e. The van der Waals surface area contributed by atoms with Gasteiger partial charge in [-0.2, -0.15) is 0 Å². The minimum absolute atomic E-state index is 0.0424. The number of rotatable bonds is 5. The fourth-order valence-corrected chi connectivity index (χ4v) is 2.71. The second-order valence-electron chi connectivity index (χ2n) is 4.47. The third-order valence-corrected chi connectivity index (χ3v) is 4.26. The van der Waals surface area contributed by atoms with Gasteiger partial charge in [-0.3, -0.25) is 4.79 Å². The number of carbonyl (C=O) groups excluding carboxylic acids is 1. The van der Waals surface area contributed by atoms with Gasteiger partial charge < -0.3 is 9.47 Å². The molecule has 0 unspecified atom stereocenters. The van der Waals surface area contributed by atoms with Crippen LogP contribution in [0.3, 0.4) is 0 Å². The Bertz CT molecular complexity index is 564. The Hall–Kier alpha value is -1.01. The average Bonchev–Trinajstić information content (AvgIpc) is 2.72. The Morgan fingerprint density at radius 3 is 2.37 bits per heavy atom. The van der Waals surface area contributed by atoms with Gasteiger partial charge in [-0.1, -0.05) is 0 Å². The molecule has 0 aliphatic rings. The number of carbonyl (C=O) groups is 1. The molecule has 0 N–H and O–H groups in total. The summed E-state index contributed by atoms with van der Waals surface area (Å²) in [4.78, 5) is 14.0. The number of halogens is 1. The van der Waals surface area contributed by atoms with Crippen LogP contribution in [0.25, 0.3) is 0 Å². The molecule has 0 saturated carbocycles. The predicted molar refractivity (Wildman–Crippen MR) is 75.0 cm³/mol. The molecule has 5 nitrogen and oxygen atoms in total. The molecule has 7 heteroatoms. The van der Waals surface area contributed by atoms with Gasteiger partial charge in [-0.05, 0) is 33.8 Å². The normalized spacial score (nSPS) is 11.9. The quantitative estimate of drug-likeness (QED) is 0.784. The van der Waals surface area contributed by atoms with E-state index in [0.717, 1.165) is 0 Å². The second kappa shape index (κ2) is 5.96. The molecule has 0 fully saturated rings. The molecule has 1 amide bonds.